The van der Waals surface area contributed by atoms with Gasteiger partial charge in [-0.3, -0.25) is 9.78 Å². The van der Waals surface area contributed by atoms with Crippen LogP contribution < -0.4 is 0 Å². The predicted molar refractivity (Wildman–Crippen MR) is 74.3 cm³/mol. The van der Waals surface area contributed by atoms with E-state index in [2.05, 4.69) is 9.97 Å². The Bertz CT molecular complexity index is 590. The first-order valence-electron chi connectivity index (χ1n) is 5.55. The van der Waals surface area contributed by atoms with Gasteiger partial charge in [-0.15, -0.1) is 0 Å². The van der Waals surface area contributed by atoms with Gasteiger partial charge in [0.25, 0.3) is 5.91 Å². The highest BCUT2D eigenvalue weighted by Crippen LogP contribution is 2.18. The highest BCUT2D eigenvalue weighted by molar-refractivity contribution is 6.34. The van der Waals surface area contributed by atoms with Gasteiger partial charge in [0.15, 0.2) is 0 Å². The molecule has 0 saturated heterocycles. The topological polar surface area (TPSA) is 46.1 Å². The number of aromatic nitrogens is 2. The smallest absolute Gasteiger partial charge is 0.274 e. The molecular weight excluding hydrogens is 285 g/mol. The van der Waals surface area contributed by atoms with E-state index in [4.69, 9.17) is 23.2 Å². The van der Waals surface area contributed by atoms with Crippen LogP contribution in [-0.4, -0.2) is 27.8 Å². The van der Waals surface area contributed by atoms with E-state index in [9.17, 15) is 4.79 Å². The Balaban J connectivity index is 2.17. The van der Waals surface area contributed by atoms with Gasteiger partial charge in [0.1, 0.15) is 10.8 Å². The largest absolute Gasteiger partial charge is 0.334 e. The van der Waals surface area contributed by atoms with Crippen LogP contribution in [0.25, 0.3) is 0 Å². The molecule has 4 nitrogen and oxygen atoms in total. The van der Waals surface area contributed by atoms with Crippen LogP contribution in [0.1, 0.15) is 16.2 Å². The third kappa shape index (κ3) is 3.43. The van der Waals surface area contributed by atoms with E-state index in [1.807, 2.05) is 18.2 Å². The van der Waals surface area contributed by atoms with Gasteiger partial charge in [-0.2, -0.15) is 0 Å². The van der Waals surface area contributed by atoms with Crippen molar-refractivity contribution in [2.24, 2.45) is 0 Å². The van der Waals surface area contributed by atoms with E-state index in [1.54, 1.807) is 25.4 Å². The molecule has 98 valence electrons. The van der Waals surface area contributed by atoms with E-state index >= 15 is 0 Å². The van der Waals surface area contributed by atoms with Gasteiger partial charge in [0.2, 0.25) is 0 Å². The van der Waals surface area contributed by atoms with Crippen LogP contribution in [-0.2, 0) is 6.54 Å². The molecule has 0 bridgehead atoms. The fourth-order valence-electron chi connectivity index (χ4n) is 1.56. The molecule has 6 heteroatoms. The number of amides is 1. The second-order valence-corrected chi connectivity index (χ2v) is 4.74. The number of nitrogens with zero attached hydrogens (tertiary/aromatic N) is 3. The summed E-state index contributed by atoms with van der Waals surface area (Å²) < 4.78 is 0. The second kappa shape index (κ2) is 5.99. The number of hydrogen-bond acceptors (Lipinski definition) is 3. The van der Waals surface area contributed by atoms with E-state index < -0.39 is 0 Å². The second-order valence-electron chi connectivity index (χ2n) is 3.95. The van der Waals surface area contributed by atoms with Crippen molar-refractivity contribution in [3.63, 3.8) is 0 Å². The summed E-state index contributed by atoms with van der Waals surface area (Å²) in [7, 11) is 1.66. The van der Waals surface area contributed by atoms with Gasteiger partial charge in [-0.25, -0.2) is 4.98 Å². The van der Waals surface area contributed by atoms with Gasteiger partial charge in [0.05, 0.1) is 17.3 Å². The molecular formula is C13H11Cl2N3O. The van der Waals surface area contributed by atoms with Crippen molar-refractivity contribution in [2.75, 3.05) is 7.05 Å². The molecule has 0 atom stereocenters. The monoisotopic (exact) mass is 295 g/mol. The molecule has 0 fully saturated rings. The van der Waals surface area contributed by atoms with E-state index in [-0.39, 0.29) is 21.8 Å². The van der Waals surface area contributed by atoms with Gasteiger partial charge >= 0.3 is 0 Å². The fourth-order valence-corrected chi connectivity index (χ4v) is 1.89. The molecule has 0 spiro atoms. The predicted octanol–water partition coefficient (Wildman–Crippen LogP) is 3.06. The highest BCUT2D eigenvalue weighted by Gasteiger charge is 2.17. The summed E-state index contributed by atoms with van der Waals surface area (Å²) in [5.74, 6) is -0.293. The number of pyridine rings is 2. The maximum Gasteiger partial charge on any atom is 0.274 e. The Morgan fingerprint density at radius 3 is 2.74 bits per heavy atom. The summed E-state index contributed by atoms with van der Waals surface area (Å²) in [5.41, 5.74) is 0.934. The quantitative estimate of drug-likeness (QED) is 0.818. The number of rotatable bonds is 3. The van der Waals surface area contributed by atoms with E-state index in [0.717, 1.165) is 5.69 Å². The molecule has 0 aliphatic carbocycles. The molecule has 1 amide bonds. The van der Waals surface area contributed by atoms with Crippen LogP contribution in [0, 0.1) is 0 Å². The summed E-state index contributed by atoms with van der Waals surface area (Å²) in [6.07, 6.45) is 1.68. The zero-order chi connectivity index (χ0) is 13.8. The summed E-state index contributed by atoms with van der Waals surface area (Å²) >= 11 is 11.7. The lowest BCUT2D eigenvalue weighted by atomic mass is 10.3. The molecule has 2 heterocycles. The van der Waals surface area contributed by atoms with Gasteiger partial charge < -0.3 is 4.90 Å². The SMILES string of the molecule is CN(Cc1ccccn1)C(=O)c1nc(Cl)ccc1Cl. The summed E-state index contributed by atoms with van der Waals surface area (Å²) in [5, 5.41) is 0.515. The first-order chi connectivity index (χ1) is 9.08. The maximum atomic E-state index is 12.2. The molecule has 0 aromatic carbocycles. The van der Waals surface area contributed by atoms with Crippen LogP contribution in [0.15, 0.2) is 36.5 Å². The molecule has 0 radical (unpaired) electrons. The van der Waals surface area contributed by atoms with Crippen LogP contribution in [0.3, 0.4) is 0 Å². The van der Waals surface area contributed by atoms with Crippen molar-refractivity contribution in [2.45, 2.75) is 6.54 Å². The molecule has 0 N–H and O–H groups in total. The van der Waals surface area contributed by atoms with Crippen molar-refractivity contribution >= 4 is 29.1 Å². The molecule has 2 rings (SSSR count). The van der Waals surface area contributed by atoms with Crippen molar-refractivity contribution < 1.29 is 4.79 Å². The third-order valence-corrected chi connectivity index (χ3v) is 3.00. The van der Waals surface area contributed by atoms with Gasteiger partial charge in [-0.1, -0.05) is 29.3 Å². The molecule has 0 unspecified atom stereocenters. The Morgan fingerprint density at radius 1 is 1.26 bits per heavy atom. The number of halogens is 2. The minimum atomic E-state index is -0.293. The summed E-state index contributed by atoms with van der Waals surface area (Å²) in [6, 6.07) is 8.63. The van der Waals surface area contributed by atoms with Gasteiger partial charge in [0, 0.05) is 13.2 Å². The number of hydrogen-bond donors (Lipinski definition) is 0. The van der Waals surface area contributed by atoms with E-state index in [0.29, 0.717) is 6.54 Å². The zero-order valence-corrected chi connectivity index (χ0v) is 11.7. The van der Waals surface area contributed by atoms with Crippen molar-refractivity contribution in [3.05, 3.63) is 58.1 Å². The standard InChI is InChI=1S/C13H11Cl2N3O/c1-18(8-9-4-2-3-7-16-9)13(19)12-10(14)5-6-11(15)17-12/h2-7H,8H2,1H3. The number of carbonyl (C=O) groups is 1. The Labute approximate surface area is 121 Å². The average molecular weight is 296 g/mol. The van der Waals surface area contributed by atoms with Crippen molar-refractivity contribution in [1.82, 2.24) is 14.9 Å². The Kier molecular flexibility index (Phi) is 4.35. The highest BCUT2D eigenvalue weighted by atomic mass is 35.5. The normalized spacial score (nSPS) is 10.3. The first kappa shape index (κ1) is 13.8. The van der Waals surface area contributed by atoms with Crippen molar-refractivity contribution in [1.29, 1.82) is 0 Å². The van der Waals surface area contributed by atoms with E-state index in [1.165, 1.54) is 4.90 Å². The van der Waals surface area contributed by atoms with Crippen molar-refractivity contribution in [3.8, 4) is 0 Å². The molecule has 0 aliphatic heterocycles. The minimum Gasteiger partial charge on any atom is -0.334 e. The third-order valence-electron chi connectivity index (χ3n) is 2.49. The molecule has 0 aliphatic rings. The average Bonchev–Trinajstić information content (AvgIpc) is 2.42. The summed E-state index contributed by atoms with van der Waals surface area (Å²) in [6.45, 7) is 0.379. The lowest BCUT2D eigenvalue weighted by Gasteiger charge is -2.16. The Hall–Kier alpha value is -1.65. The first-order valence-corrected chi connectivity index (χ1v) is 6.31. The zero-order valence-electron chi connectivity index (χ0n) is 10.2. The number of carbonyl (C=O) groups excluding carboxylic acids is 1. The Morgan fingerprint density at radius 2 is 2.05 bits per heavy atom. The lowest BCUT2D eigenvalue weighted by Crippen LogP contribution is -2.27. The van der Waals surface area contributed by atoms with Crippen LogP contribution in [0.5, 0.6) is 0 Å². The maximum absolute atomic E-state index is 12.2. The minimum absolute atomic E-state index is 0.146. The molecule has 2 aromatic heterocycles. The van der Waals surface area contributed by atoms with Crippen LogP contribution >= 0.6 is 23.2 Å². The molecule has 0 saturated carbocycles. The van der Waals surface area contributed by atoms with Crippen LogP contribution in [0.4, 0.5) is 0 Å². The fraction of sp³-hybridized carbons (Fsp3) is 0.154. The van der Waals surface area contributed by atoms with Gasteiger partial charge in [-0.05, 0) is 24.3 Å². The molecule has 19 heavy (non-hydrogen) atoms. The lowest BCUT2D eigenvalue weighted by molar-refractivity contribution is 0.0778. The summed E-state index contributed by atoms with van der Waals surface area (Å²) in [4.78, 5) is 21.8. The van der Waals surface area contributed by atoms with Crippen LogP contribution in [0.2, 0.25) is 10.2 Å². The molecule has 2 aromatic rings.